The van der Waals surface area contributed by atoms with Crippen molar-refractivity contribution in [2.24, 2.45) is 0 Å². The fraction of sp³-hybridized carbons (Fsp3) is 0.182. The number of anilines is 1. The van der Waals surface area contributed by atoms with Gasteiger partial charge in [0, 0.05) is 12.3 Å². The summed E-state index contributed by atoms with van der Waals surface area (Å²) in [6, 6.07) is 5.48. The topological polar surface area (TPSA) is 73.9 Å². The van der Waals surface area contributed by atoms with Gasteiger partial charge in [0.25, 0.3) is 0 Å². The molecule has 5 nitrogen and oxygen atoms in total. The van der Waals surface area contributed by atoms with Crippen LogP contribution in [-0.2, 0) is 6.61 Å². The molecule has 0 radical (unpaired) electrons. The van der Waals surface area contributed by atoms with E-state index in [0.717, 1.165) is 11.3 Å². The number of aromatic nitrogens is 3. The van der Waals surface area contributed by atoms with E-state index in [4.69, 9.17) is 10.5 Å². The van der Waals surface area contributed by atoms with E-state index in [1.54, 1.807) is 12.3 Å². The highest BCUT2D eigenvalue weighted by atomic mass is 16.5. The molecule has 0 spiro atoms. The Bertz CT molecular complexity index is 470. The van der Waals surface area contributed by atoms with Crippen LogP contribution in [-0.4, -0.2) is 15.0 Å². The van der Waals surface area contributed by atoms with Gasteiger partial charge < -0.3 is 10.5 Å². The Hall–Kier alpha value is -2.17. The van der Waals surface area contributed by atoms with Crippen molar-refractivity contribution < 1.29 is 4.74 Å². The number of rotatable bonds is 3. The number of nitrogen functional groups attached to an aromatic ring is 1. The van der Waals surface area contributed by atoms with Crippen LogP contribution in [0.5, 0.6) is 5.88 Å². The van der Waals surface area contributed by atoms with Gasteiger partial charge in [0.1, 0.15) is 18.8 Å². The molecule has 0 aliphatic heterocycles. The minimum Gasteiger partial charge on any atom is -0.471 e. The molecule has 82 valence electrons. The van der Waals surface area contributed by atoms with Gasteiger partial charge in [-0.2, -0.15) is 0 Å². The maximum atomic E-state index is 5.50. The predicted molar refractivity (Wildman–Crippen MR) is 59.8 cm³/mol. The maximum Gasteiger partial charge on any atom is 0.218 e. The molecule has 5 heteroatoms. The van der Waals surface area contributed by atoms with E-state index in [1.165, 1.54) is 6.33 Å². The minimum atomic E-state index is 0.372. The Labute approximate surface area is 93.3 Å². The molecule has 0 aliphatic carbocycles. The van der Waals surface area contributed by atoms with Gasteiger partial charge in [-0.05, 0) is 18.6 Å². The first-order valence-corrected chi connectivity index (χ1v) is 4.86. The Morgan fingerprint density at radius 3 is 2.81 bits per heavy atom. The van der Waals surface area contributed by atoms with E-state index < -0.39 is 0 Å². The number of hydrogen-bond acceptors (Lipinski definition) is 5. The number of ether oxygens (including phenoxy) is 1. The smallest absolute Gasteiger partial charge is 0.218 e. The van der Waals surface area contributed by atoms with Gasteiger partial charge in [0.2, 0.25) is 5.88 Å². The second kappa shape index (κ2) is 4.57. The zero-order chi connectivity index (χ0) is 11.4. The van der Waals surface area contributed by atoms with Crippen molar-refractivity contribution in [1.82, 2.24) is 15.0 Å². The van der Waals surface area contributed by atoms with Crippen LogP contribution in [0.3, 0.4) is 0 Å². The van der Waals surface area contributed by atoms with Crippen molar-refractivity contribution in [3.63, 3.8) is 0 Å². The quantitative estimate of drug-likeness (QED) is 0.838. The lowest BCUT2D eigenvalue weighted by atomic mass is 10.3. The predicted octanol–water partition coefficient (Wildman–Crippen LogP) is 1.34. The molecule has 16 heavy (non-hydrogen) atoms. The second-order valence-electron chi connectivity index (χ2n) is 3.40. The molecule has 2 N–H and O–H groups in total. The molecule has 0 unspecified atom stereocenters. The van der Waals surface area contributed by atoms with Gasteiger partial charge in [0.15, 0.2) is 0 Å². The van der Waals surface area contributed by atoms with Gasteiger partial charge in [-0.1, -0.05) is 6.07 Å². The molecule has 0 aromatic carbocycles. The molecule has 0 bridgehead atoms. The third-order valence-electron chi connectivity index (χ3n) is 2.00. The Balaban J connectivity index is 1.99. The van der Waals surface area contributed by atoms with E-state index >= 15 is 0 Å². The SMILES string of the molecule is Cc1ccc(COc2cc(N)ncn2)nc1. The number of aryl methyl sites for hydroxylation is 1. The molecular weight excluding hydrogens is 204 g/mol. The summed E-state index contributed by atoms with van der Waals surface area (Å²) < 4.78 is 5.42. The van der Waals surface area contributed by atoms with E-state index in [0.29, 0.717) is 18.3 Å². The summed E-state index contributed by atoms with van der Waals surface area (Å²) in [5.41, 5.74) is 7.47. The van der Waals surface area contributed by atoms with Crippen molar-refractivity contribution >= 4 is 5.82 Å². The number of nitrogens with zero attached hydrogens (tertiary/aromatic N) is 3. The van der Waals surface area contributed by atoms with Gasteiger partial charge in [-0.15, -0.1) is 0 Å². The molecule has 0 fully saturated rings. The molecule has 2 aromatic rings. The zero-order valence-electron chi connectivity index (χ0n) is 8.92. The number of nitrogens with two attached hydrogens (primary N) is 1. The molecule has 0 saturated heterocycles. The third-order valence-corrected chi connectivity index (χ3v) is 2.00. The Morgan fingerprint density at radius 1 is 1.25 bits per heavy atom. The lowest BCUT2D eigenvalue weighted by Crippen LogP contribution is -2.01. The first kappa shape index (κ1) is 10.4. The lowest BCUT2D eigenvalue weighted by molar-refractivity contribution is 0.289. The first-order chi connectivity index (χ1) is 7.74. The van der Waals surface area contributed by atoms with Crippen LogP contribution in [0.2, 0.25) is 0 Å². The lowest BCUT2D eigenvalue weighted by Gasteiger charge is -2.04. The molecule has 0 atom stereocenters. The van der Waals surface area contributed by atoms with Crippen LogP contribution >= 0.6 is 0 Å². The Morgan fingerprint density at radius 2 is 2.12 bits per heavy atom. The van der Waals surface area contributed by atoms with E-state index in [9.17, 15) is 0 Å². The van der Waals surface area contributed by atoms with Gasteiger partial charge >= 0.3 is 0 Å². The average Bonchev–Trinajstić information content (AvgIpc) is 2.28. The maximum absolute atomic E-state index is 5.50. The summed E-state index contributed by atoms with van der Waals surface area (Å²) in [5, 5.41) is 0. The molecular formula is C11H12N4O. The highest BCUT2D eigenvalue weighted by molar-refractivity contribution is 5.30. The van der Waals surface area contributed by atoms with Gasteiger partial charge in [-0.25, -0.2) is 9.97 Å². The zero-order valence-corrected chi connectivity index (χ0v) is 8.92. The second-order valence-corrected chi connectivity index (χ2v) is 3.40. The standard InChI is InChI=1S/C11H12N4O/c1-8-2-3-9(13-5-8)6-16-11-4-10(12)14-7-15-11/h2-5,7H,6H2,1H3,(H2,12,14,15). The molecule has 0 aliphatic rings. The summed E-state index contributed by atoms with van der Waals surface area (Å²) in [4.78, 5) is 11.9. The van der Waals surface area contributed by atoms with Crippen LogP contribution < -0.4 is 10.5 Å². The van der Waals surface area contributed by atoms with Crippen LogP contribution in [0.25, 0.3) is 0 Å². The fourth-order valence-electron chi connectivity index (χ4n) is 1.16. The van der Waals surface area contributed by atoms with E-state index in [1.807, 2.05) is 19.1 Å². The highest BCUT2D eigenvalue weighted by Gasteiger charge is 1.99. The molecule has 2 heterocycles. The summed E-state index contributed by atoms with van der Waals surface area (Å²) in [5.74, 6) is 0.844. The average molecular weight is 216 g/mol. The molecule has 0 saturated carbocycles. The van der Waals surface area contributed by atoms with Crippen molar-refractivity contribution in [2.45, 2.75) is 13.5 Å². The summed E-state index contributed by atoms with van der Waals surface area (Å²) in [6.45, 7) is 2.36. The molecule has 2 rings (SSSR count). The van der Waals surface area contributed by atoms with E-state index in [2.05, 4.69) is 15.0 Å². The molecule has 2 aromatic heterocycles. The van der Waals surface area contributed by atoms with Crippen LogP contribution in [0.4, 0.5) is 5.82 Å². The summed E-state index contributed by atoms with van der Waals surface area (Å²) in [6.07, 6.45) is 3.17. The first-order valence-electron chi connectivity index (χ1n) is 4.86. The van der Waals surface area contributed by atoms with Gasteiger partial charge in [-0.3, -0.25) is 4.98 Å². The van der Waals surface area contributed by atoms with Crippen molar-refractivity contribution in [3.8, 4) is 5.88 Å². The number of pyridine rings is 1. The largest absolute Gasteiger partial charge is 0.471 e. The summed E-state index contributed by atoms with van der Waals surface area (Å²) in [7, 11) is 0. The minimum absolute atomic E-state index is 0.372. The highest BCUT2D eigenvalue weighted by Crippen LogP contribution is 2.09. The van der Waals surface area contributed by atoms with Crippen LogP contribution in [0.15, 0.2) is 30.7 Å². The molecule has 0 amide bonds. The van der Waals surface area contributed by atoms with Crippen molar-refractivity contribution in [3.05, 3.63) is 42.0 Å². The van der Waals surface area contributed by atoms with Crippen molar-refractivity contribution in [1.29, 1.82) is 0 Å². The van der Waals surface area contributed by atoms with Crippen molar-refractivity contribution in [2.75, 3.05) is 5.73 Å². The normalized spacial score (nSPS) is 10.1. The number of hydrogen-bond donors (Lipinski definition) is 1. The fourth-order valence-corrected chi connectivity index (χ4v) is 1.16. The summed E-state index contributed by atoms with van der Waals surface area (Å²) >= 11 is 0. The monoisotopic (exact) mass is 216 g/mol. The van der Waals surface area contributed by atoms with Gasteiger partial charge in [0.05, 0.1) is 5.69 Å². The third kappa shape index (κ3) is 2.66. The van der Waals surface area contributed by atoms with Crippen LogP contribution in [0, 0.1) is 6.92 Å². The van der Waals surface area contributed by atoms with E-state index in [-0.39, 0.29) is 0 Å². The Kier molecular flexibility index (Phi) is 2.95. The van der Waals surface area contributed by atoms with Crippen LogP contribution in [0.1, 0.15) is 11.3 Å².